The molecule has 0 aliphatic heterocycles. The first-order valence-corrected chi connectivity index (χ1v) is 9.96. The van der Waals surface area contributed by atoms with Crippen LogP contribution in [0.3, 0.4) is 0 Å². The van der Waals surface area contributed by atoms with Crippen molar-refractivity contribution in [1.82, 2.24) is 19.3 Å². The van der Waals surface area contributed by atoms with Crippen LogP contribution in [-0.4, -0.2) is 31.0 Å². The Hall–Kier alpha value is -1.77. The number of aromatic nitrogens is 4. The second kappa shape index (κ2) is 8.28. The molecule has 0 spiro atoms. The summed E-state index contributed by atoms with van der Waals surface area (Å²) >= 11 is 10.8. The fourth-order valence-corrected chi connectivity index (χ4v) is 3.82. The van der Waals surface area contributed by atoms with Crippen molar-refractivity contribution in [2.24, 2.45) is 14.1 Å². The van der Waals surface area contributed by atoms with Crippen molar-refractivity contribution in [3.8, 4) is 0 Å². The SMILES string of the molecule is Cn1cccc1Cc1nnc(SCC(=O)Nc2ccc(Br)cc2Cl)n1C. The molecule has 26 heavy (non-hydrogen) atoms. The average Bonchev–Trinajstić information content (AvgIpc) is 3.15. The number of aryl methyl sites for hydroxylation is 1. The van der Waals surface area contributed by atoms with Crippen LogP contribution in [0, 0.1) is 0 Å². The maximum Gasteiger partial charge on any atom is 0.234 e. The van der Waals surface area contributed by atoms with E-state index in [1.54, 1.807) is 12.1 Å². The Labute approximate surface area is 169 Å². The Morgan fingerprint density at radius 3 is 2.81 bits per heavy atom. The Balaban J connectivity index is 1.59. The van der Waals surface area contributed by atoms with E-state index < -0.39 is 0 Å². The molecule has 0 bridgehead atoms. The van der Waals surface area contributed by atoms with Crippen LogP contribution in [0.5, 0.6) is 0 Å². The zero-order valence-electron chi connectivity index (χ0n) is 14.2. The van der Waals surface area contributed by atoms with Crippen LogP contribution in [-0.2, 0) is 25.3 Å². The molecule has 0 atom stereocenters. The number of anilines is 1. The summed E-state index contributed by atoms with van der Waals surface area (Å²) in [7, 11) is 3.91. The topological polar surface area (TPSA) is 64.7 Å². The van der Waals surface area contributed by atoms with Gasteiger partial charge in [-0.15, -0.1) is 10.2 Å². The quantitative estimate of drug-likeness (QED) is 0.574. The standard InChI is InChI=1S/C17H17BrClN5OS/c1-23-7-3-4-12(23)9-15-21-22-17(24(15)2)26-10-16(25)20-14-6-5-11(18)8-13(14)19/h3-8H,9-10H2,1-2H3,(H,20,25). The van der Waals surface area contributed by atoms with Crippen LogP contribution < -0.4 is 5.32 Å². The van der Waals surface area contributed by atoms with Crippen molar-refractivity contribution in [1.29, 1.82) is 0 Å². The van der Waals surface area contributed by atoms with Gasteiger partial charge in [0.15, 0.2) is 5.16 Å². The van der Waals surface area contributed by atoms with Crippen LogP contribution in [0.2, 0.25) is 5.02 Å². The molecule has 0 unspecified atom stereocenters. The van der Waals surface area contributed by atoms with Crippen molar-refractivity contribution in [3.05, 3.63) is 57.5 Å². The van der Waals surface area contributed by atoms with Crippen molar-refractivity contribution in [2.45, 2.75) is 11.6 Å². The number of carbonyl (C=O) groups excluding carboxylic acids is 1. The number of rotatable bonds is 6. The average molecular weight is 455 g/mol. The van der Waals surface area contributed by atoms with Gasteiger partial charge in [0.1, 0.15) is 5.82 Å². The smallest absolute Gasteiger partial charge is 0.234 e. The molecule has 0 saturated carbocycles. The molecule has 9 heteroatoms. The van der Waals surface area contributed by atoms with Crippen LogP contribution in [0.15, 0.2) is 46.2 Å². The van der Waals surface area contributed by atoms with E-state index in [1.165, 1.54) is 11.8 Å². The molecule has 2 aromatic heterocycles. The van der Waals surface area contributed by atoms with Crippen LogP contribution in [0.1, 0.15) is 11.5 Å². The summed E-state index contributed by atoms with van der Waals surface area (Å²) in [5.41, 5.74) is 1.74. The minimum Gasteiger partial charge on any atom is -0.354 e. The van der Waals surface area contributed by atoms with Gasteiger partial charge in [-0.3, -0.25) is 4.79 Å². The fourth-order valence-electron chi connectivity index (χ4n) is 2.37. The Bertz CT molecular complexity index is 939. The van der Waals surface area contributed by atoms with E-state index in [0.717, 1.165) is 16.0 Å². The Kier molecular flexibility index (Phi) is 6.05. The minimum absolute atomic E-state index is 0.147. The highest BCUT2D eigenvalue weighted by atomic mass is 79.9. The number of carbonyl (C=O) groups is 1. The van der Waals surface area contributed by atoms with E-state index in [9.17, 15) is 4.79 Å². The number of nitrogens with one attached hydrogen (secondary N) is 1. The molecular formula is C17H17BrClN5OS. The van der Waals surface area contributed by atoms with Gasteiger partial charge < -0.3 is 14.5 Å². The van der Waals surface area contributed by atoms with E-state index >= 15 is 0 Å². The Morgan fingerprint density at radius 1 is 1.31 bits per heavy atom. The predicted octanol–water partition coefficient (Wildman–Crippen LogP) is 3.89. The first-order chi connectivity index (χ1) is 12.4. The third-order valence-corrected chi connectivity index (χ3v) is 5.68. The van der Waals surface area contributed by atoms with Crippen LogP contribution in [0.25, 0.3) is 0 Å². The normalized spacial score (nSPS) is 10.9. The molecule has 3 aromatic rings. The van der Waals surface area contributed by atoms with Gasteiger partial charge in [0, 0.05) is 36.9 Å². The van der Waals surface area contributed by atoms with Gasteiger partial charge in [0.2, 0.25) is 5.91 Å². The van der Waals surface area contributed by atoms with Gasteiger partial charge >= 0.3 is 0 Å². The molecule has 6 nitrogen and oxygen atoms in total. The van der Waals surface area contributed by atoms with Crippen LogP contribution in [0.4, 0.5) is 5.69 Å². The first-order valence-electron chi connectivity index (χ1n) is 7.80. The summed E-state index contributed by atoms with van der Waals surface area (Å²) in [6.45, 7) is 0. The van der Waals surface area contributed by atoms with Gasteiger partial charge in [0.25, 0.3) is 0 Å². The third kappa shape index (κ3) is 4.49. The van der Waals surface area contributed by atoms with Gasteiger partial charge in [-0.25, -0.2) is 0 Å². The number of nitrogens with zero attached hydrogens (tertiary/aromatic N) is 4. The molecule has 0 radical (unpaired) electrons. The fraction of sp³-hybridized carbons (Fsp3) is 0.235. The molecule has 1 amide bonds. The lowest BCUT2D eigenvalue weighted by Crippen LogP contribution is -2.14. The molecule has 0 saturated heterocycles. The summed E-state index contributed by atoms with van der Waals surface area (Å²) in [5.74, 6) is 0.930. The molecule has 1 aromatic carbocycles. The zero-order valence-corrected chi connectivity index (χ0v) is 17.4. The highest BCUT2D eigenvalue weighted by Gasteiger charge is 2.13. The summed E-state index contributed by atoms with van der Waals surface area (Å²) < 4.78 is 4.83. The predicted molar refractivity (Wildman–Crippen MR) is 108 cm³/mol. The third-order valence-electron chi connectivity index (χ3n) is 3.85. The molecule has 136 valence electrons. The number of hydrogen-bond donors (Lipinski definition) is 1. The van der Waals surface area contributed by atoms with Gasteiger partial charge in [0.05, 0.1) is 16.5 Å². The lowest BCUT2D eigenvalue weighted by Gasteiger charge is -2.08. The molecule has 2 heterocycles. The maximum absolute atomic E-state index is 12.2. The molecule has 0 fully saturated rings. The summed E-state index contributed by atoms with van der Waals surface area (Å²) in [4.78, 5) is 12.2. The number of hydrogen-bond acceptors (Lipinski definition) is 4. The molecule has 0 aliphatic rings. The number of halogens is 2. The maximum atomic E-state index is 12.2. The molecule has 1 N–H and O–H groups in total. The largest absolute Gasteiger partial charge is 0.354 e. The van der Waals surface area contributed by atoms with Gasteiger partial charge in [-0.2, -0.15) is 0 Å². The van der Waals surface area contributed by atoms with Crippen molar-refractivity contribution >= 4 is 50.9 Å². The lowest BCUT2D eigenvalue weighted by atomic mass is 10.3. The molecule has 0 aliphatic carbocycles. The summed E-state index contributed by atoms with van der Waals surface area (Å²) in [6.07, 6.45) is 2.69. The van der Waals surface area contributed by atoms with E-state index in [1.807, 2.05) is 37.0 Å². The van der Waals surface area contributed by atoms with E-state index in [2.05, 4.69) is 42.1 Å². The van der Waals surface area contributed by atoms with Crippen molar-refractivity contribution < 1.29 is 4.79 Å². The first kappa shape index (κ1) is 19.0. The monoisotopic (exact) mass is 453 g/mol. The Morgan fingerprint density at radius 2 is 2.12 bits per heavy atom. The highest BCUT2D eigenvalue weighted by Crippen LogP contribution is 2.26. The highest BCUT2D eigenvalue weighted by molar-refractivity contribution is 9.10. The summed E-state index contributed by atoms with van der Waals surface area (Å²) in [5, 5.41) is 12.4. The minimum atomic E-state index is -0.147. The number of amides is 1. The van der Waals surface area contributed by atoms with Crippen molar-refractivity contribution in [3.63, 3.8) is 0 Å². The van der Waals surface area contributed by atoms with Gasteiger partial charge in [-0.1, -0.05) is 39.3 Å². The number of benzene rings is 1. The van der Waals surface area contributed by atoms with Crippen molar-refractivity contribution in [2.75, 3.05) is 11.1 Å². The molecular weight excluding hydrogens is 438 g/mol. The van der Waals surface area contributed by atoms with E-state index in [4.69, 9.17) is 11.6 Å². The van der Waals surface area contributed by atoms with Crippen LogP contribution >= 0.6 is 39.3 Å². The lowest BCUT2D eigenvalue weighted by molar-refractivity contribution is -0.113. The van der Waals surface area contributed by atoms with E-state index in [0.29, 0.717) is 22.3 Å². The summed E-state index contributed by atoms with van der Waals surface area (Å²) in [6, 6.07) is 9.38. The number of thioether (sulfide) groups is 1. The second-order valence-corrected chi connectivity index (χ2v) is 7.97. The molecule has 3 rings (SSSR count). The van der Waals surface area contributed by atoms with Gasteiger partial charge in [-0.05, 0) is 30.3 Å². The van der Waals surface area contributed by atoms with E-state index in [-0.39, 0.29) is 11.7 Å². The second-order valence-electron chi connectivity index (χ2n) is 5.71. The zero-order chi connectivity index (χ0) is 18.7.